The Balaban J connectivity index is 2.02. The Hall–Kier alpha value is -0.860. The van der Waals surface area contributed by atoms with E-state index in [2.05, 4.69) is 49.9 Å². The summed E-state index contributed by atoms with van der Waals surface area (Å²) in [6.45, 7) is 10.9. The number of nitrogens with zero attached hydrogens (tertiary/aromatic N) is 1. The standard InChI is InChI=1S/C16H25NO/c1-4-9-17-10-11-18-16(12-17)15-7-5-14(6-8-15)13(2)3/h5-8,13,16H,4,9-12H2,1-3H3. The third-order valence-corrected chi connectivity index (χ3v) is 3.67. The molecule has 1 heterocycles. The fourth-order valence-corrected chi connectivity index (χ4v) is 2.52. The minimum atomic E-state index is 0.256. The number of benzene rings is 1. The number of ether oxygens (including phenoxy) is 1. The summed E-state index contributed by atoms with van der Waals surface area (Å²) in [6.07, 6.45) is 1.48. The van der Waals surface area contributed by atoms with Gasteiger partial charge in [0.2, 0.25) is 0 Å². The average molecular weight is 247 g/mol. The van der Waals surface area contributed by atoms with Gasteiger partial charge in [0.25, 0.3) is 0 Å². The highest BCUT2D eigenvalue weighted by Gasteiger charge is 2.21. The topological polar surface area (TPSA) is 12.5 Å². The molecule has 2 rings (SSSR count). The van der Waals surface area contributed by atoms with E-state index in [4.69, 9.17) is 4.74 Å². The smallest absolute Gasteiger partial charge is 0.0952 e. The van der Waals surface area contributed by atoms with E-state index in [-0.39, 0.29) is 6.10 Å². The van der Waals surface area contributed by atoms with Crippen LogP contribution in [-0.2, 0) is 4.74 Å². The molecule has 1 saturated heterocycles. The van der Waals surface area contributed by atoms with Crippen LogP contribution < -0.4 is 0 Å². The fraction of sp³-hybridized carbons (Fsp3) is 0.625. The summed E-state index contributed by atoms with van der Waals surface area (Å²) < 4.78 is 5.90. The van der Waals surface area contributed by atoms with Gasteiger partial charge in [0, 0.05) is 13.1 Å². The molecule has 1 fully saturated rings. The van der Waals surface area contributed by atoms with Crippen molar-refractivity contribution in [2.45, 2.75) is 39.2 Å². The molecule has 18 heavy (non-hydrogen) atoms. The van der Waals surface area contributed by atoms with Gasteiger partial charge in [-0.1, -0.05) is 45.0 Å². The Morgan fingerprint density at radius 3 is 2.61 bits per heavy atom. The summed E-state index contributed by atoms with van der Waals surface area (Å²) in [5, 5.41) is 0. The highest BCUT2D eigenvalue weighted by Crippen LogP contribution is 2.24. The summed E-state index contributed by atoms with van der Waals surface area (Å²) in [5.74, 6) is 0.600. The van der Waals surface area contributed by atoms with Gasteiger partial charge in [-0.25, -0.2) is 0 Å². The zero-order chi connectivity index (χ0) is 13.0. The fourth-order valence-electron chi connectivity index (χ4n) is 2.52. The highest BCUT2D eigenvalue weighted by molar-refractivity contribution is 5.26. The molecule has 1 aromatic rings. The zero-order valence-electron chi connectivity index (χ0n) is 11.9. The first kappa shape index (κ1) is 13.6. The monoisotopic (exact) mass is 247 g/mol. The second-order valence-corrected chi connectivity index (χ2v) is 5.48. The lowest BCUT2D eigenvalue weighted by Crippen LogP contribution is -2.38. The van der Waals surface area contributed by atoms with Crippen LogP contribution in [0.25, 0.3) is 0 Å². The van der Waals surface area contributed by atoms with Gasteiger partial charge in [0.05, 0.1) is 12.7 Å². The lowest BCUT2D eigenvalue weighted by Gasteiger charge is -2.33. The average Bonchev–Trinajstić information content (AvgIpc) is 2.39. The van der Waals surface area contributed by atoms with Crippen molar-refractivity contribution in [2.24, 2.45) is 0 Å². The quantitative estimate of drug-likeness (QED) is 0.806. The van der Waals surface area contributed by atoms with E-state index in [9.17, 15) is 0 Å². The van der Waals surface area contributed by atoms with Crippen molar-refractivity contribution in [3.8, 4) is 0 Å². The molecule has 0 radical (unpaired) electrons. The van der Waals surface area contributed by atoms with Crippen LogP contribution in [-0.4, -0.2) is 31.1 Å². The summed E-state index contributed by atoms with van der Waals surface area (Å²) in [6, 6.07) is 8.94. The molecule has 0 saturated carbocycles. The molecule has 1 aliphatic rings. The van der Waals surface area contributed by atoms with Gasteiger partial charge < -0.3 is 4.74 Å². The first-order valence-electron chi connectivity index (χ1n) is 7.14. The van der Waals surface area contributed by atoms with E-state index in [1.54, 1.807) is 0 Å². The van der Waals surface area contributed by atoms with Crippen molar-refractivity contribution < 1.29 is 4.74 Å². The molecule has 0 aliphatic carbocycles. The largest absolute Gasteiger partial charge is 0.371 e. The van der Waals surface area contributed by atoms with E-state index < -0.39 is 0 Å². The summed E-state index contributed by atoms with van der Waals surface area (Å²) in [5.41, 5.74) is 2.72. The maximum atomic E-state index is 5.90. The molecule has 0 amide bonds. The van der Waals surface area contributed by atoms with E-state index in [0.717, 1.165) is 19.7 Å². The predicted molar refractivity (Wildman–Crippen MR) is 76.0 cm³/mol. The van der Waals surface area contributed by atoms with Crippen LogP contribution in [0, 0.1) is 0 Å². The molecule has 1 aliphatic heterocycles. The van der Waals surface area contributed by atoms with E-state index in [1.165, 1.54) is 24.1 Å². The Morgan fingerprint density at radius 1 is 1.28 bits per heavy atom. The molecule has 1 atom stereocenters. The Labute approximate surface area is 111 Å². The van der Waals surface area contributed by atoms with Crippen LogP contribution in [0.5, 0.6) is 0 Å². The van der Waals surface area contributed by atoms with E-state index in [1.807, 2.05) is 0 Å². The highest BCUT2D eigenvalue weighted by atomic mass is 16.5. The van der Waals surface area contributed by atoms with Crippen LogP contribution in [0.3, 0.4) is 0 Å². The molecule has 1 aromatic carbocycles. The number of rotatable bonds is 4. The lowest BCUT2D eigenvalue weighted by atomic mass is 9.99. The van der Waals surface area contributed by atoms with Gasteiger partial charge in [-0.05, 0) is 30.0 Å². The van der Waals surface area contributed by atoms with Gasteiger partial charge >= 0.3 is 0 Å². The molecule has 100 valence electrons. The first-order valence-corrected chi connectivity index (χ1v) is 7.14. The lowest BCUT2D eigenvalue weighted by molar-refractivity contribution is -0.0298. The van der Waals surface area contributed by atoms with Crippen molar-refractivity contribution >= 4 is 0 Å². The van der Waals surface area contributed by atoms with Gasteiger partial charge in [-0.3, -0.25) is 4.90 Å². The SMILES string of the molecule is CCCN1CCOC(c2ccc(C(C)C)cc2)C1. The predicted octanol–water partition coefficient (Wildman–Crippen LogP) is 3.59. The van der Waals surface area contributed by atoms with Crippen molar-refractivity contribution in [1.29, 1.82) is 0 Å². The van der Waals surface area contributed by atoms with Gasteiger partial charge in [-0.15, -0.1) is 0 Å². The normalized spacial score (nSPS) is 21.4. The Morgan fingerprint density at radius 2 is 2.00 bits per heavy atom. The Kier molecular flexibility index (Phi) is 4.79. The second-order valence-electron chi connectivity index (χ2n) is 5.48. The maximum absolute atomic E-state index is 5.90. The zero-order valence-corrected chi connectivity index (χ0v) is 11.9. The summed E-state index contributed by atoms with van der Waals surface area (Å²) in [7, 11) is 0. The maximum Gasteiger partial charge on any atom is 0.0952 e. The van der Waals surface area contributed by atoms with Gasteiger partial charge in [0.15, 0.2) is 0 Å². The van der Waals surface area contributed by atoms with Crippen LogP contribution in [0.4, 0.5) is 0 Å². The molecule has 1 unspecified atom stereocenters. The molecule has 0 N–H and O–H groups in total. The molecular weight excluding hydrogens is 222 g/mol. The molecule has 0 bridgehead atoms. The third-order valence-electron chi connectivity index (χ3n) is 3.67. The number of hydrogen-bond acceptors (Lipinski definition) is 2. The molecule has 0 spiro atoms. The van der Waals surface area contributed by atoms with Crippen LogP contribution in [0.15, 0.2) is 24.3 Å². The molecular formula is C16H25NO. The minimum Gasteiger partial charge on any atom is -0.371 e. The molecule has 0 aromatic heterocycles. The van der Waals surface area contributed by atoms with E-state index in [0.29, 0.717) is 5.92 Å². The first-order chi connectivity index (χ1) is 8.70. The Bertz CT molecular complexity index is 356. The van der Waals surface area contributed by atoms with Crippen LogP contribution in [0.1, 0.15) is 50.3 Å². The summed E-state index contributed by atoms with van der Waals surface area (Å²) >= 11 is 0. The van der Waals surface area contributed by atoms with Crippen LogP contribution >= 0.6 is 0 Å². The molecule has 2 heteroatoms. The number of morpholine rings is 1. The molecule has 2 nitrogen and oxygen atoms in total. The van der Waals surface area contributed by atoms with Crippen LogP contribution in [0.2, 0.25) is 0 Å². The third kappa shape index (κ3) is 3.33. The van der Waals surface area contributed by atoms with Crippen molar-refractivity contribution in [3.05, 3.63) is 35.4 Å². The van der Waals surface area contributed by atoms with Crippen molar-refractivity contribution in [2.75, 3.05) is 26.2 Å². The summed E-state index contributed by atoms with van der Waals surface area (Å²) in [4.78, 5) is 2.50. The van der Waals surface area contributed by atoms with Crippen molar-refractivity contribution in [1.82, 2.24) is 4.90 Å². The minimum absolute atomic E-state index is 0.256. The second kappa shape index (κ2) is 6.35. The van der Waals surface area contributed by atoms with Gasteiger partial charge in [0.1, 0.15) is 0 Å². The van der Waals surface area contributed by atoms with E-state index >= 15 is 0 Å². The van der Waals surface area contributed by atoms with Gasteiger partial charge in [-0.2, -0.15) is 0 Å². The van der Waals surface area contributed by atoms with Crippen molar-refractivity contribution in [3.63, 3.8) is 0 Å². The number of hydrogen-bond donors (Lipinski definition) is 0.